The quantitative estimate of drug-likeness (QED) is 0.454. The molecule has 0 saturated heterocycles. The van der Waals surface area contributed by atoms with Gasteiger partial charge < -0.3 is 5.32 Å². The van der Waals surface area contributed by atoms with Crippen LogP contribution in [0.2, 0.25) is 0 Å². The van der Waals surface area contributed by atoms with E-state index in [-0.39, 0.29) is 16.8 Å². The molecule has 0 fully saturated rings. The Morgan fingerprint density at radius 3 is 2.42 bits per heavy atom. The number of rotatable bonds is 4. The Morgan fingerprint density at radius 1 is 1.08 bits per heavy atom. The molecular weight excluding hydrogens is 325 g/mol. The summed E-state index contributed by atoms with van der Waals surface area (Å²) >= 11 is 5.05. The molecule has 0 radical (unpaired) electrons. The lowest BCUT2D eigenvalue weighted by molar-refractivity contribution is -0.116. The summed E-state index contributed by atoms with van der Waals surface area (Å²) in [5, 5.41) is 3.19. The van der Waals surface area contributed by atoms with Crippen LogP contribution in [0.25, 0.3) is 6.08 Å². The monoisotopic (exact) mass is 343 g/mol. The molecule has 2 rings (SSSR count). The number of amides is 1. The van der Waals surface area contributed by atoms with Crippen molar-refractivity contribution >= 4 is 29.3 Å². The highest BCUT2D eigenvalue weighted by molar-refractivity contribution is 7.80. The van der Waals surface area contributed by atoms with E-state index in [9.17, 15) is 9.18 Å². The van der Waals surface area contributed by atoms with Crippen LogP contribution < -0.4 is 16.2 Å². The standard InChI is InChI=1S/C18H18FN3OS/c1-13-2-4-14(5-3-13)8-11-17(23)21-22-18(24)20-12-15-6-9-16(19)10-7-15/h2-11H,12H2,1H3,(H,21,23)(H2,20,22,24)/b11-8+. The van der Waals surface area contributed by atoms with E-state index >= 15 is 0 Å². The topological polar surface area (TPSA) is 53.2 Å². The summed E-state index contributed by atoms with van der Waals surface area (Å²) in [6.07, 6.45) is 3.13. The maximum absolute atomic E-state index is 12.8. The van der Waals surface area contributed by atoms with Gasteiger partial charge in [-0.25, -0.2) is 4.39 Å². The van der Waals surface area contributed by atoms with Crippen LogP contribution in [0.15, 0.2) is 54.6 Å². The van der Waals surface area contributed by atoms with Gasteiger partial charge in [-0.3, -0.25) is 15.6 Å². The molecular formula is C18H18FN3OS. The van der Waals surface area contributed by atoms with Gasteiger partial charge >= 0.3 is 0 Å². The van der Waals surface area contributed by atoms with Crippen molar-refractivity contribution in [1.29, 1.82) is 0 Å². The number of aryl methyl sites for hydroxylation is 1. The smallest absolute Gasteiger partial charge is 0.262 e. The van der Waals surface area contributed by atoms with E-state index < -0.39 is 0 Å². The van der Waals surface area contributed by atoms with Gasteiger partial charge in [0.05, 0.1) is 0 Å². The van der Waals surface area contributed by atoms with Crippen molar-refractivity contribution in [2.45, 2.75) is 13.5 Å². The van der Waals surface area contributed by atoms with Crippen molar-refractivity contribution in [1.82, 2.24) is 16.2 Å². The van der Waals surface area contributed by atoms with E-state index in [1.165, 1.54) is 18.2 Å². The second kappa shape index (κ2) is 8.79. The van der Waals surface area contributed by atoms with Gasteiger partial charge in [0, 0.05) is 12.6 Å². The fraction of sp³-hybridized carbons (Fsp3) is 0.111. The zero-order chi connectivity index (χ0) is 17.4. The minimum absolute atomic E-state index is 0.274. The summed E-state index contributed by atoms with van der Waals surface area (Å²) in [4.78, 5) is 11.7. The Kier molecular flexibility index (Phi) is 6.45. The normalized spacial score (nSPS) is 10.4. The molecule has 0 aliphatic carbocycles. The van der Waals surface area contributed by atoms with Gasteiger partial charge in [0.15, 0.2) is 5.11 Å². The minimum Gasteiger partial charge on any atom is -0.357 e. The van der Waals surface area contributed by atoms with Crippen LogP contribution >= 0.6 is 12.2 Å². The van der Waals surface area contributed by atoms with Crippen LogP contribution in [0.1, 0.15) is 16.7 Å². The highest BCUT2D eigenvalue weighted by Crippen LogP contribution is 2.04. The predicted molar refractivity (Wildman–Crippen MR) is 97.3 cm³/mol. The molecule has 24 heavy (non-hydrogen) atoms. The van der Waals surface area contributed by atoms with E-state index in [0.29, 0.717) is 6.54 Å². The van der Waals surface area contributed by atoms with Crippen molar-refractivity contribution < 1.29 is 9.18 Å². The van der Waals surface area contributed by atoms with Gasteiger partial charge in [-0.15, -0.1) is 0 Å². The molecule has 0 heterocycles. The fourth-order valence-electron chi connectivity index (χ4n) is 1.84. The third-order valence-corrected chi connectivity index (χ3v) is 3.42. The second-order valence-electron chi connectivity index (χ2n) is 5.17. The first-order valence-electron chi connectivity index (χ1n) is 7.36. The van der Waals surface area contributed by atoms with Crippen LogP contribution in [0.3, 0.4) is 0 Å². The lowest BCUT2D eigenvalue weighted by Crippen LogP contribution is -2.45. The number of hydrazine groups is 1. The molecule has 0 spiro atoms. The average Bonchev–Trinajstić information content (AvgIpc) is 2.59. The molecule has 6 heteroatoms. The second-order valence-corrected chi connectivity index (χ2v) is 5.58. The molecule has 124 valence electrons. The summed E-state index contributed by atoms with van der Waals surface area (Å²) in [6.45, 7) is 2.44. The Balaban J connectivity index is 1.71. The zero-order valence-corrected chi connectivity index (χ0v) is 14.0. The van der Waals surface area contributed by atoms with Gasteiger partial charge in [0.25, 0.3) is 5.91 Å². The molecule has 0 saturated carbocycles. The number of carbonyl (C=O) groups excluding carboxylic acids is 1. The molecule has 1 amide bonds. The average molecular weight is 343 g/mol. The number of halogens is 1. The molecule has 2 aromatic rings. The predicted octanol–water partition coefficient (Wildman–Crippen LogP) is 2.84. The summed E-state index contributed by atoms with van der Waals surface area (Å²) in [6, 6.07) is 13.9. The van der Waals surface area contributed by atoms with Crippen LogP contribution in [0.5, 0.6) is 0 Å². The van der Waals surface area contributed by atoms with Crippen LogP contribution in [-0.2, 0) is 11.3 Å². The SMILES string of the molecule is Cc1ccc(/C=C/C(=O)NNC(=S)NCc2ccc(F)cc2)cc1. The molecule has 0 bridgehead atoms. The van der Waals surface area contributed by atoms with Crippen molar-refractivity contribution in [3.63, 3.8) is 0 Å². The molecule has 0 aliphatic rings. The zero-order valence-electron chi connectivity index (χ0n) is 13.2. The molecule has 0 aromatic heterocycles. The number of benzene rings is 2. The first-order chi connectivity index (χ1) is 11.5. The van der Waals surface area contributed by atoms with Gasteiger partial charge in [-0.1, -0.05) is 42.0 Å². The van der Waals surface area contributed by atoms with Crippen molar-refractivity contribution in [2.75, 3.05) is 0 Å². The molecule has 4 nitrogen and oxygen atoms in total. The van der Waals surface area contributed by atoms with Crippen LogP contribution in [0, 0.1) is 12.7 Å². The highest BCUT2D eigenvalue weighted by atomic mass is 32.1. The first kappa shape index (κ1) is 17.6. The summed E-state index contributed by atoms with van der Waals surface area (Å²) < 4.78 is 12.8. The van der Waals surface area contributed by atoms with Gasteiger partial charge in [0.2, 0.25) is 0 Å². The Hall–Kier alpha value is -2.73. The minimum atomic E-state index is -0.318. The van der Waals surface area contributed by atoms with Crippen molar-refractivity contribution in [3.05, 3.63) is 77.1 Å². The van der Waals surface area contributed by atoms with Crippen molar-refractivity contribution in [3.8, 4) is 0 Å². The first-order valence-corrected chi connectivity index (χ1v) is 7.77. The fourth-order valence-corrected chi connectivity index (χ4v) is 1.96. The van der Waals surface area contributed by atoms with Gasteiger partial charge in [0.1, 0.15) is 5.82 Å². The van der Waals surface area contributed by atoms with Crippen LogP contribution in [0.4, 0.5) is 4.39 Å². The Bertz CT molecular complexity index is 727. The largest absolute Gasteiger partial charge is 0.357 e. The number of hydrogen-bond acceptors (Lipinski definition) is 2. The summed E-state index contributed by atoms with van der Waals surface area (Å²) in [7, 11) is 0. The van der Waals surface area contributed by atoms with Crippen molar-refractivity contribution in [2.24, 2.45) is 0 Å². The van der Waals surface area contributed by atoms with Crippen LogP contribution in [-0.4, -0.2) is 11.0 Å². The third kappa shape index (κ3) is 6.18. The van der Waals surface area contributed by atoms with E-state index in [0.717, 1.165) is 16.7 Å². The molecule has 3 N–H and O–H groups in total. The lowest BCUT2D eigenvalue weighted by Gasteiger charge is -2.10. The molecule has 2 aromatic carbocycles. The summed E-state index contributed by atoms with van der Waals surface area (Å²) in [5.74, 6) is -0.603. The number of carbonyl (C=O) groups is 1. The maximum atomic E-state index is 12.8. The Labute approximate surface area is 145 Å². The Morgan fingerprint density at radius 2 is 1.75 bits per heavy atom. The molecule has 0 atom stereocenters. The highest BCUT2D eigenvalue weighted by Gasteiger charge is 1.99. The van der Waals surface area contributed by atoms with E-state index in [4.69, 9.17) is 12.2 Å². The number of hydrogen-bond donors (Lipinski definition) is 3. The van der Waals surface area contributed by atoms with E-state index in [1.807, 2.05) is 31.2 Å². The molecule has 0 aliphatic heterocycles. The number of thiocarbonyl (C=S) groups is 1. The lowest BCUT2D eigenvalue weighted by atomic mass is 10.1. The number of nitrogens with one attached hydrogen (secondary N) is 3. The van der Waals surface area contributed by atoms with Gasteiger partial charge in [-0.2, -0.15) is 0 Å². The van der Waals surface area contributed by atoms with E-state index in [1.54, 1.807) is 18.2 Å². The third-order valence-electron chi connectivity index (χ3n) is 3.17. The van der Waals surface area contributed by atoms with Gasteiger partial charge in [-0.05, 0) is 48.5 Å². The summed E-state index contributed by atoms with van der Waals surface area (Å²) in [5.41, 5.74) is 8.06. The van der Waals surface area contributed by atoms with E-state index in [2.05, 4.69) is 16.2 Å². The molecule has 0 unspecified atom stereocenters. The maximum Gasteiger partial charge on any atom is 0.262 e.